The van der Waals surface area contributed by atoms with Gasteiger partial charge in [-0.1, -0.05) is 61.8 Å². The van der Waals surface area contributed by atoms with Crippen LogP contribution in [0.3, 0.4) is 0 Å². The van der Waals surface area contributed by atoms with Crippen LogP contribution in [-0.2, 0) is 15.4 Å². The van der Waals surface area contributed by atoms with Gasteiger partial charge in [0.05, 0.1) is 4.90 Å². The van der Waals surface area contributed by atoms with Crippen molar-refractivity contribution >= 4 is 21.6 Å². The van der Waals surface area contributed by atoms with Gasteiger partial charge in [0.15, 0.2) is 0 Å². The van der Waals surface area contributed by atoms with Gasteiger partial charge in [-0.25, -0.2) is 13.1 Å². The van der Waals surface area contributed by atoms with Gasteiger partial charge in [0.1, 0.15) is 0 Å². The zero-order valence-electron chi connectivity index (χ0n) is 12.0. The molecule has 0 heterocycles. The van der Waals surface area contributed by atoms with E-state index in [0.717, 1.165) is 5.56 Å². The van der Waals surface area contributed by atoms with E-state index >= 15 is 0 Å². The predicted octanol–water partition coefficient (Wildman–Crippen LogP) is 3.60. The highest BCUT2D eigenvalue weighted by Crippen LogP contribution is 2.23. The van der Waals surface area contributed by atoms with Crippen molar-refractivity contribution in [2.24, 2.45) is 0 Å². The first-order valence-electron chi connectivity index (χ1n) is 6.62. The lowest BCUT2D eigenvalue weighted by Crippen LogP contribution is -2.36. The first kappa shape index (κ1) is 16.0. The third-order valence-electron chi connectivity index (χ3n) is 3.37. The Morgan fingerprint density at radius 3 is 2.33 bits per heavy atom. The van der Waals surface area contributed by atoms with E-state index < -0.39 is 10.0 Å². The molecule has 0 spiro atoms. The van der Waals surface area contributed by atoms with Crippen molar-refractivity contribution in [3.05, 3.63) is 65.2 Å². The van der Waals surface area contributed by atoms with Gasteiger partial charge < -0.3 is 0 Å². The molecule has 3 nitrogen and oxygen atoms in total. The van der Waals surface area contributed by atoms with Crippen LogP contribution in [0.15, 0.2) is 59.5 Å². The van der Waals surface area contributed by atoms with E-state index in [-0.39, 0.29) is 10.3 Å². The first-order valence-corrected chi connectivity index (χ1v) is 8.48. The molecule has 0 saturated carbocycles. The van der Waals surface area contributed by atoms with Crippen LogP contribution in [0, 0.1) is 0 Å². The van der Waals surface area contributed by atoms with Crippen molar-refractivity contribution in [1.82, 2.24) is 4.72 Å². The van der Waals surface area contributed by atoms with Crippen molar-refractivity contribution in [3.63, 3.8) is 0 Å². The predicted molar refractivity (Wildman–Crippen MR) is 86.1 cm³/mol. The van der Waals surface area contributed by atoms with Crippen molar-refractivity contribution in [2.45, 2.75) is 24.2 Å². The Labute approximate surface area is 131 Å². The molecule has 0 unspecified atom stereocenters. The van der Waals surface area contributed by atoms with E-state index in [1.807, 2.05) is 44.2 Å². The zero-order valence-corrected chi connectivity index (χ0v) is 13.6. The van der Waals surface area contributed by atoms with Crippen molar-refractivity contribution < 1.29 is 8.42 Å². The van der Waals surface area contributed by atoms with Gasteiger partial charge in [0, 0.05) is 17.0 Å². The maximum Gasteiger partial charge on any atom is 0.240 e. The van der Waals surface area contributed by atoms with E-state index in [0.29, 0.717) is 11.6 Å². The number of sulfonamides is 1. The Balaban J connectivity index is 2.15. The van der Waals surface area contributed by atoms with E-state index in [1.54, 1.807) is 12.1 Å². The Kier molecular flexibility index (Phi) is 4.71. The summed E-state index contributed by atoms with van der Waals surface area (Å²) in [7, 11) is -3.56. The fourth-order valence-electron chi connectivity index (χ4n) is 1.98. The fourth-order valence-corrected chi connectivity index (χ4v) is 3.50. The molecule has 2 rings (SSSR count). The molecule has 2 aromatic carbocycles. The summed E-state index contributed by atoms with van der Waals surface area (Å²) in [6.07, 6.45) is 0. The topological polar surface area (TPSA) is 46.2 Å². The molecule has 112 valence electrons. The summed E-state index contributed by atoms with van der Waals surface area (Å²) in [5.41, 5.74) is 0.784. The van der Waals surface area contributed by atoms with E-state index in [2.05, 4.69) is 4.72 Å². The number of benzene rings is 2. The van der Waals surface area contributed by atoms with Crippen LogP contribution in [0.2, 0.25) is 5.02 Å². The minimum atomic E-state index is -3.56. The Hall–Kier alpha value is -1.36. The van der Waals surface area contributed by atoms with Gasteiger partial charge in [-0.05, 0) is 23.8 Å². The highest BCUT2D eigenvalue weighted by Gasteiger charge is 2.24. The van der Waals surface area contributed by atoms with E-state index in [1.165, 1.54) is 12.1 Å². The standard InChI is InChI=1S/C16H18ClNO2S/c1-16(2,13-7-4-3-5-8-13)12-18-21(19,20)15-10-6-9-14(17)11-15/h3-11,18H,12H2,1-2H3. The molecule has 1 N–H and O–H groups in total. The van der Waals surface area contributed by atoms with Crippen LogP contribution >= 0.6 is 11.6 Å². The number of hydrogen-bond acceptors (Lipinski definition) is 2. The average Bonchev–Trinajstić information content (AvgIpc) is 2.46. The molecule has 0 aliphatic heterocycles. The normalized spacial score (nSPS) is 12.3. The molecule has 5 heteroatoms. The molecular formula is C16H18ClNO2S. The molecular weight excluding hydrogens is 306 g/mol. The van der Waals surface area contributed by atoms with Gasteiger partial charge in [-0.2, -0.15) is 0 Å². The second kappa shape index (κ2) is 6.18. The lowest BCUT2D eigenvalue weighted by atomic mass is 9.85. The average molecular weight is 324 g/mol. The van der Waals surface area contributed by atoms with Crippen LogP contribution in [-0.4, -0.2) is 15.0 Å². The van der Waals surface area contributed by atoms with Crippen LogP contribution in [0.1, 0.15) is 19.4 Å². The largest absolute Gasteiger partial charge is 0.240 e. The van der Waals surface area contributed by atoms with Crippen LogP contribution in [0.4, 0.5) is 0 Å². The third kappa shape index (κ3) is 4.06. The smallest absolute Gasteiger partial charge is 0.210 e. The molecule has 0 fully saturated rings. The molecule has 2 aromatic rings. The van der Waals surface area contributed by atoms with Crippen molar-refractivity contribution in [2.75, 3.05) is 6.54 Å². The minimum Gasteiger partial charge on any atom is -0.210 e. The lowest BCUT2D eigenvalue weighted by molar-refractivity contribution is 0.501. The minimum absolute atomic E-state index is 0.180. The summed E-state index contributed by atoms with van der Waals surface area (Å²) in [6, 6.07) is 16.1. The molecule has 0 bridgehead atoms. The van der Waals surface area contributed by atoms with Crippen LogP contribution in [0.25, 0.3) is 0 Å². The SMILES string of the molecule is CC(C)(CNS(=O)(=O)c1cccc(Cl)c1)c1ccccc1. The molecule has 21 heavy (non-hydrogen) atoms. The fraction of sp³-hybridized carbons (Fsp3) is 0.250. The lowest BCUT2D eigenvalue weighted by Gasteiger charge is -2.25. The molecule has 0 radical (unpaired) electrons. The van der Waals surface area contributed by atoms with E-state index in [4.69, 9.17) is 11.6 Å². The second-order valence-corrected chi connectivity index (χ2v) is 7.74. The number of rotatable bonds is 5. The van der Waals surface area contributed by atoms with Gasteiger partial charge in [0.25, 0.3) is 0 Å². The van der Waals surface area contributed by atoms with Crippen molar-refractivity contribution in [1.29, 1.82) is 0 Å². The Morgan fingerprint density at radius 1 is 1.05 bits per heavy atom. The number of hydrogen-bond donors (Lipinski definition) is 1. The summed E-state index contributed by atoms with van der Waals surface area (Å²) < 4.78 is 27.2. The quantitative estimate of drug-likeness (QED) is 0.914. The highest BCUT2D eigenvalue weighted by molar-refractivity contribution is 7.89. The highest BCUT2D eigenvalue weighted by atomic mass is 35.5. The summed E-state index contributed by atoms with van der Waals surface area (Å²) in [5, 5.41) is 0.403. The van der Waals surface area contributed by atoms with Crippen molar-refractivity contribution in [3.8, 4) is 0 Å². The summed E-state index contributed by atoms with van der Waals surface area (Å²) in [4.78, 5) is 0.180. The maximum atomic E-state index is 12.3. The van der Waals surface area contributed by atoms with Gasteiger partial charge in [0.2, 0.25) is 10.0 Å². The molecule has 0 aliphatic rings. The molecule has 0 aliphatic carbocycles. The molecule has 0 amide bonds. The third-order valence-corrected chi connectivity index (χ3v) is 5.00. The van der Waals surface area contributed by atoms with Gasteiger partial charge in [-0.15, -0.1) is 0 Å². The maximum absolute atomic E-state index is 12.3. The summed E-state index contributed by atoms with van der Waals surface area (Å²) >= 11 is 5.84. The van der Waals surface area contributed by atoms with Gasteiger partial charge >= 0.3 is 0 Å². The number of halogens is 1. The van der Waals surface area contributed by atoms with Crippen LogP contribution < -0.4 is 4.72 Å². The monoisotopic (exact) mass is 323 g/mol. The summed E-state index contributed by atoms with van der Waals surface area (Å²) in [5.74, 6) is 0. The van der Waals surface area contributed by atoms with E-state index in [9.17, 15) is 8.42 Å². The molecule has 0 saturated heterocycles. The zero-order chi connectivity index (χ0) is 15.5. The number of nitrogens with one attached hydrogen (secondary N) is 1. The molecule has 0 aromatic heterocycles. The Morgan fingerprint density at radius 2 is 1.71 bits per heavy atom. The summed E-state index contributed by atoms with van der Waals surface area (Å²) in [6.45, 7) is 4.32. The van der Waals surface area contributed by atoms with Crippen LogP contribution in [0.5, 0.6) is 0 Å². The second-order valence-electron chi connectivity index (χ2n) is 5.53. The van der Waals surface area contributed by atoms with Gasteiger partial charge in [-0.3, -0.25) is 0 Å². The molecule has 0 atom stereocenters. The first-order chi connectivity index (χ1) is 9.81. The Bertz CT molecular complexity index is 712.